The van der Waals surface area contributed by atoms with Gasteiger partial charge in [0.25, 0.3) is 5.91 Å². The van der Waals surface area contributed by atoms with Gasteiger partial charge in [-0.2, -0.15) is 14.6 Å². The van der Waals surface area contributed by atoms with Crippen LogP contribution in [0.3, 0.4) is 0 Å². The number of benzene rings is 1. The smallest absolute Gasteiger partial charge is 0.273 e. The Morgan fingerprint density at radius 2 is 1.87 bits per heavy atom. The van der Waals surface area contributed by atoms with E-state index in [0.717, 1.165) is 34.4 Å². The topological polar surface area (TPSA) is 142 Å². The lowest BCUT2D eigenvalue weighted by molar-refractivity contribution is 0.0941. The monoisotopic (exact) mass is 523 g/mol. The summed E-state index contributed by atoms with van der Waals surface area (Å²) in [6.45, 7) is 1.91. The van der Waals surface area contributed by atoms with Crippen molar-refractivity contribution in [3.05, 3.63) is 94.8 Å². The van der Waals surface area contributed by atoms with Crippen LogP contribution in [0.2, 0.25) is 0 Å². The fourth-order valence-corrected chi connectivity index (χ4v) is 3.93. The highest BCUT2D eigenvalue weighted by molar-refractivity contribution is 7.06. The number of rotatable bonds is 7. The molecule has 0 atom stereocenters. The number of carbonyl (C=O) groups is 1. The van der Waals surface area contributed by atoms with Crippen LogP contribution in [-0.4, -0.2) is 35.2 Å². The molecule has 0 saturated carbocycles. The van der Waals surface area contributed by atoms with Gasteiger partial charge in [0.05, 0.1) is 5.69 Å². The summed E-state index contributed by atoms with van der Waals surface area (Å²) in [5.41, 5.74) is 3.11. The first kappa shape index (κ1) is 24.5. The molecule has 0 spiro atoms. The first-order chi connectivity index (χ1) is 18.5. The maximum Gasteiger partial charge on any atom is 0.273 e. The standard InChI is InChI=1S/C26H18FN9OS/c1-15-9-21(34-26-35-22(11-28)38-36-26)33-24(32-15)18-10-19(27)23(30-14-18)25(37)31-13-16-7-8-20(29-12-16)17-5-3-2-4-6-17/h2-10,12,14H,13H2,1H3,(H,31,37)(H,32,33,34,36). The number of anilines is 2. The molecule has 4 aromatic heterocycles. The molecule has 0 saturated heterocycles. The SMILES string of the molecule is Cc1cc(Nc2nsc(C#N)n2)nc(-c2cnc(C(=O)NCc3ccc(-c4ccccc4)nc3)c(F)c2)n1. The maximum absolute atomic E-state index is 14.9. The van der Waals surface area contributed by atoms with Crippen LogP contribution in [0.5, 0.6) is 0 Å². The van der Waals surface area contributed by atoms with Gasteiger partial charge in [0.2, 0.25) is 11.0 Å². The molecule has 4 heterocycles. The van der Waals surface area contributed by atoms with Crippen molar-refractivity contribution in [2.75, 3.05) is 5.32 Å². The van der Waals surface area contributed by atoms with Gasteiger partial charge in [-0.1, -0.05) is 36.4 Å². The number of aryl methyl sites for hydroxylation is 1. The van der Waals surface area contributed by atoms with Crippen LogP contribution < -0.4 is 10.6 Å². The van der Waals surface area contributed by atoms with Crippen LogP contribution in [-0.2, 0) is 6.54 Å². The Morgan fingerprint density at radius 3 is 2.58 bits per heavy atom. The Balaban J connectivity index is 1.27. The van der Waals surface area contributed by atoms with E-state index in [-0.39, 0.29) is 34.6 Å². The van der Waals surface area contributed by atoms with Crippen molar-refractivity contribution in [1.29, 1.82) is 5.26 Å². The second kappa shape index (κ2) is 10.9. The average Bonchev–Trinajstić information content (AvgIpc) is 3.39. The second-order valence-corrected chi connectivity index (χ2v) is 8.78. The largest absolute Gasteiger partial charge is 0.346 e. The summed E-state index contributed by atoms with van der Waals surface area (Å²) >= 11 is 0.953. The molecule has 5 rings (SSSR count). The Kier molecular flexibility index (Phi) is 7.01. The zero-order chi connectivity index (χ0) is 26.5. The van der Waals surface area contributed by atoms with Crippen LogP contribution in [0.1, 0.15) is 26.8 Å². The molecular formula is C26H18FN9OS. The highest BCUT2D eigenvalue weighted by atomic mass is 32.1. The highest BCUT2D eigenvalue weighted by Gasteiger charge is 2.16. The number of amides is 1. The van der Waals surface area contributed by atoms with Gasteiger partial charge in [-0.05, 0) is 36.2 Å². The summed E-state index contributed by atoms with van der Waals surface area (Å²) in [4.78, 5) is 33.7. The third-order valence-corrected chi connectivity index (χ3v) is 5.90. The number of halogens is 1. The van der Waals surface area contributed by atoms with Gasteiger partial charge in [-0.3, -0.25) is 9.78 Å². The van der Waals surface area contributed by atoms with Crippen molar-refractivity contribution < 1.29 is 9.18 Å². The molecule has 2 N–H and O–H groups in total. The molecule has 0 fully saturated rings. The van der Waals surface area contributed by atoms with E-state index in [4.69, 9.17) is 5.26 Å². The molecule has 0 unspecified atom stereocenters. The molecule has 1 amide bonds. The fraction of sp³-hybridized carbons (Fsp3) is 0.0769. The lowest BCUT2D eigenvalue weighted by Gasteiger charge is -2.09. The van der Waals surface area contributed by atoms with E-state index < -0.39 is 11.7 Å². The summed E-state index contributed by atoms with van der Waals surface area (Å²) < 4.78 is 18.9. The number of pyridine rings is 2. The average molecular weight is 524 g/mol. The molecule has 10 nitrogen and oxygen atoms in total. The Bertz CT molecular complexity index is 1650. The van der Waals surface area contributed by atoms with Gasteiger partial charge in [0, 0.05) is 41.8 Å². The van der Waals surface area contributed by atoms with Gasteiger partial charge in [-0.15, -0.1) is 0 Å². The molecule has 5 aromatic rings. The van der Waals surface area contributed by atoms with Crippen LogP contribution in [0, 0.1) is 24.1 Å². The van der Waals surface area contributed by atoms with E-state index in [2.05, 4.69) is 39.9 Å². The number of nitrogens with one attached hydrogen (secondary N) is 2. The van der Waals surface area contributed by atoms with Crippen molar-refractivity contribution in [3.63, 3.8) is 0 Å². The molecule has 186 valence electrons. The molecule has 1 aromatic carbocycles. The summed E-state index contributed by atoms with van der Waals surface area (Å²) in [5, 5.41) is 14.7. The van der Waals surface area contributed by atoms with Crippen molar-refractivity contribution in [3.8, 4) is 28.7 Å². The third-order valence-electron chi connectivity index (χ3n) is 5.28. The summed E-state index contributed by atoms with van der Waals surface area (Å²) in [5.74, 6) is -0.680. The molecular weight excluding hydrogens is 505 g/mol. The molecule has 0 aliphatic heterocycles. The Morgan fingerprint density at radius 1 is 1.03 bits per heavy atom. The van der Waals surface area contributed by atoms with E-state index in [9.17, 15) is 9.18 Å². The second-order valence-electron chi connectivity index (χ2n) is 8.03. The first-order valence-corrected chi connectivity index (χ1v) is 12.1. The minimum atomic E-state index is -0.808. The van der Waals surface area contributed by atoms with Crippen molar-refractivity contribution in [1.82, 2.24) is 34.6 Å². The number of aromatic nitrogens is 6. The summed E-state index contributed by atoms with van der Waals surface area (Å²) in [7, 11) is 0. The van der Waals surface area contributed by atoms with Gasteiger partial charge < -0.3 is 10.6 Å². The molecule has 0 bridgehead atoms. The fourth-order valence-electron chi connectivity index (χ4n) is 3.50. The Labute approximate surface area is 220 Å². The molecule has 0 aliphatic rings. The van der Waals surface area contributed by atoms with E-state index in [0.29, 0.717) is 11.5 Å². The number of hydrogen-bond donors (Lipinski definition) is 2. The van der Waals surface area contributed by atoms with Crippen molar-refractivity contribution in [2.24, 2.45) is 0 Å². The van der Waals surface area contributed by atoms with Crippen molar-refractivity contribution >= 4 is 29.2 Å². The summed E-state index contributed by atoms with van der Waals surface area (Å²) in [6, 6.07) is 18.2. The lowest BCUT2D eigenvalue weighted by Crippen LogP contribution is -2.25. The van der Waals surface area contributed by atoms with Gasteiger partial charge in [-0.25, -0.2) is 19.3 Å². The van der Waals surface area contributed by atoms with Crippen LogP contribution >= 0.6 is 11.5 Å². The van der Waals surface area contributed by atoms with Gasteiger partial charge in [0.1, 0.15) is 11.9 Å². The molecule has 0 aliphatic carbocycles. The molecule has 0 radical (unpaired) electrons. The minimum absolute atomic E-state index is 0.165. The van der Waals surface area contributed by atoms with E-state index in [1.54, 1.807) is 19.2 Å². The third kappa shape index (κ3) is 5.63. The summed E-state index contributed by atoms with van der Waals surface area (Å²) in [6.07, 6.45) is 3.00. The molecule has 38 heavy (non-hydrogen) atoms. The van der Waals surface area contributed by atoms with Crippen molar-refractivity contribution in [2.45, 2.75) is 13.5 Å². The quantitative estimate of drug-likeness (QED) is 0.316. The normalized spacial score (nSPS) is 10.6. The Hall–Kier alpha value is -5.15. The van der Waals surface area contributed by atoms with Gasteiger partial charge >= 0.3 is 0 Å². The zero-order valence-corrected chi connectivity index (χ0v) is 20.7. The number of nitrogens with zero attached hydrogens (tertiary/aromatic N) is 7. The minimum Gasteiger partial charge on any atom is -0.346 e. The number of hydrogen-bond acceptors (Lipinski definition) is 10. The van der Waals surface area contributed by atoms with Crippen LogP contribution in [0.15, 0.2) is 67.0 Å². The van der Waals surface area contributed by atoms with E-state index in [1.807, 2.05) is 48.5 Å². The zero-order valence-electron chi connectivity index (χ0n) is 19.9. The predicted molar refractivity (Wildman–Crippen MR) is 139 cm³/mol. The van der Waals surface area contributed by atoms with Gasteiger partial charge in [0.15, 0.2) is 17.3 Å². The van der Waals surface area contributed by atoms with Crippen LogP contribution in [0.4, 0.5) is 16.2 Å². The van der Waals surface area contributed by atoms with E-state index >= 15 is 0 Å². The first-order valence-electron chi connectivity index (χ1n) is 11.3. The van der Waals surface area contributed by atoms with E-state index in [1.165, 1.54) is 6.20 Å². The number of nitriles is 1. The maximum atomic E-state index is 14.9. The van der Waals surface area contributed by atoms with Crippen LogP contribution in [0.25, 0.3) is 22.6 Å². The number of carbonyl (C=O) groups excluding carboxylic acids is 1. The molecule has 12 heteroatoms. The predicted octanol–water partition coefficient (Wildman–Crippen LogP) is 4.44. The highest BCUT2D eigenvalue weighted by Crippen LogP contribution is 2.22. The lowest BCUT2D eigenvalue weighted by atomic mass is 10.1.